The molecule has 0 saturated heterocycles. The van der Waals surface area contributed by atoms with Gasteiger partial charge in [-0.2, -0.15) is 0 Å². The highest BCUT2D eigenvalue weighted by atomic mass is 16.6. The SMILES string of the molecule is C=NC(CNc1cc(C=O)c2c(C(=O)N(C)CCC)cccc2c1)OCCOCCOC(=C)C(OCCOCC)C(=O)Nc1cc(C=O)c2c(C(=O)N(C)CCC)cccc2c1. The van der Waals surface area contributed by atoms with E-state index in [9.17, 15) is 24.0 Å². The zero-order valence-electron chi connectivity index (χ0n) is 36.4. The second kappa shape index (κ2) is 25.1. The smallest absolute Gasteiger partial charge is 0.261 e. The highest BCUT2D eigenvalue weighted by Crippen LogP contribution is 2.29. The Morgan fingerprint density at radius 2 is 1.26 bits per heavy atom. The lowest BCUT2D eigenvalue weighted by atomic mass is 9.98. The van der Waals surface area contributed by atoms with Crippen LogP contribution in [0.15, 0.2) is 78.0 Å². The number of fused-ring (bicyclic) bond motifs is 2. The lowest BCUT2D eigenvalue weighted by molar-refractivity contribution is -0.128. The van der Waals surface area contributed by atoms with E-state index in [0.717, 1.165) is 24.5 Å². The van der Waals surface area contributed by atoms with Gasteiger partial charge in [0.15, 0.2) is 24.9 Å². The second-order valence-electron chi connectivity index (χ2n) is 14.4. The van der Waals surface area contributed by atoms with Gasteiger partial charge in [-0.1, -0.05) is 44.7 Å². The fraction of sp³-hybridized carbons (Fsp3) is 0.404. The molecular formula is C47H59N5O10. The van der Waals surface area contributed by atoms with Gasteiger partial charge in [0.05, 0.1) is 39.6 Å². The van der Waals surface area contributed by atoms with Crippen LogP contribution >= 0.6 is 0 Å². The molecule has 0 saturated carbocycles. The van der Waals surface area contributed by atoms with Crippen molar-refractivity contribution in [2.45, 2.75) is 45.9 Å². The number of anilines is 2. The number of aldehydes is 2. The summed E-state index contributed by atoms with van der Waals surface area (Å²) in [7, 11) is 3.46. The molecule has 0 aliphatic carbocycles. The number of amides is 3. The van der Waals surface area contributed by atoms with Gasteiger partial charge < -0.3 is 44.1 Å². The lowest BCUT2D eigenvalue weighted by Gasteiger charge is -2.21. The van der Waals surface area contributed by atoms with Gasteiger partial charge in [-0.05, 0) is 73.7 Å². The molecule has 0 heterocycles. The van der Waals surface area contributed by atoms with Crippen LogP contribution in [0.4, 0.5) is 11.4 Å². The Hall–Kier alpha value is -6.00. The largest absolute Gasteiger partial charge is 0.493 e. The van der Waals surface area contributed by atoms with Crippen molar-refractivity contribution in [2.75, 3.05) is 90.6 Å². The molecule has 4 aromatic rings. The van der Waals surface area contributed by atoms with Crippen LogP contribution in [0.1, 0.15) is 75.0 Å². The van der Waals surface area contributed by atoms with E-state index in [1.54, 1.807) is 66.4 Å². The second-order valence-corrected chi connectivity index (χ2v) is 14.4. The third kappa shape index (κ3) is 13.2. The van der Waals surface area contributed by atoms with Crippen LogP contribution in [-0.2, 0) is 28.5 Å². The van der Waals surface area contributed by atoms with Crippen LogP contribution in [0, 0.1) is 0 Å². The predicted octanol–water partition coefficient (Wildman–Crippen LogP) is 6.64. The molecule has 0 fully saturated rings. The van der Waals surface area contributed by atoms with Gasteiger partial charge in [0.1, 0.15) is 12.4 Å². The third-order valence-electron chi connectivity index (χ3n) is 9.79. The Labute approximate surface area is 363 Å². The van der Waals surface area contributed by atoms with Crippen molar-refractivity contribution in [1.82, 2.24) is 9.80 Å². The van der Waals surface area contributed by atoms with E-state index in [4.69, 9.17) is 23.7 Å². The summed E-state index contributed by atoms with van der Waals surface area (Å²) in [5.41, 5.74) is 2.50. The summed E-state index contributed by atoms with van der Waals surface area (Å²) < 4.78 is 28.5. The molecule has 4 rings (SSSR count). The van der Waals surface area contributed by atoms with E-state index in [-0.39, 0.29) is 69.3 Å². The molecule has 332 valence electrons. The summed E-state index contributed by atoms with van der Waals surface area (Å²) in [4.78, 5) is 71.7. The molecule has 0 spiro atoms. The summed E-state index contributed by atoms with van der Waals surface area (Å²) in [6.07, 6.45) is 1.16. The maximum Gasteiger partial charge on any atom is 0.261 e. The first-order valence-electron chi connectivity index (χ1n) is 20.8. The van der Waals surface area contributed by atoms with E-state index in [1.807, 2.05) is 32.9 Å². The fourth-order valence-electron chi connectivity index (χ4n) is 6.85. The van der Waals surface area contributed by atoms with Crippen molar-refractivity contribution in [1.29, 1.82) is 0 Å². The lowest BCUT2D eigenvalue weighted by Crippen LogP contribution is -2.34. The molecule has 62 heavy (non-hydrogen) atoms. The van der Waals surface area contributed by atoms with Crippen molar-refractivity contribution < 1.29 is 47.7 Å². The molecule has 0 aliphatic rings. The molecule has 2 atom stereocenters. The number of rotatable bonds is 28. The number of carbonyl (C=O) groups excluding carboxylic acids is 5. The van der Waals surface area contributed by atoms with Crippen LogP contribution in [0.3, 0.4) is 0 Å². The minimum atomic E-state index is -1.22. The number of hydrogen-bond donors (Lipinski definition) is 2. The summed E-state index contributed by atoms with van der Waals surface area (Å²) in [6.45, 7) is 16.2. The molecular weight excluding hydrogens is 795 g/mol. The Balaban J connectivity index is 1.29. The van der Waals surface area contributed by atoms with Crippen LogP contribution < -0.4 is 10.6 Å². The molecule has 4 aromatic carbocycles. The van der Waals surface area contributed by atoms with Gasteiger partial charge in [-0.3, -0.25) is 29.0 Å². The zero-order valence-corrected chi connectivity index (χ0v) is 36.4. The average Bonchev–Trinajstić information content (AvgIpc) is 3.27. The van der Waals surface area contributed by atoms with Crippen molar-refractivity contribution in [3.8, 4) is 0 Å². The normalized spacial score (nSPS) is 12.0. The first-order chi connectivity index (χ1) is 30.0. The molecule has 15 heteroatoms. The minimum absolute atomic E-state index is 0.0437. The Kier molecular flexibility index (Phi) is 19.7. The van der Waals surface area contributed by atoms with Gasteiger partial charge in [0, 0.05) is 78.2 Å². The minimum Gasteiger partial charge on any atom is -0.493 e. The van der Waals surface area contributed by atoms with Crippen molar-refractivity contribution in [3.63, 3.8) is 0 Å². The monoisotopic (exact) mass is 853 g/mol. The number of aliphatic imine (C=N–C) groups is 1. The van der Waals surface area contributed by atoms with E-state index in [2.05, 4.69) is 28.9 Å². The molecule has 3 amide bonds. The number of carbonyl (C=O) groups is 5. The number of nitrogens with zero attached hydrogens (tertiary/aromatic N) is 3. The molecule has 0 bridgehead atoms. The van der Waals surface area contributed by atoms with Crippen molar-refractivity contribution in [3.05, 3.63) is 95.3 Å². The zero-order chi connectivity index (χ0) is 45.0. The van der Waals surface area contributed by atoms with E-state index >= 15 is 0 Å². The van der Waals surface area contributed by atoms with Crippen LogP contribution in [0.2, 0.25) is 0 Å². The van der Waals surface area contributed by atoms with Gasteiger partial charge in [0.25, 0.3) is 17.7 Å². The van der Waals surface area contributed by atoms with Gasteiger partial charge in [-0.15, -0.1) is 0 Å². The van der Waals surface area contributed by atoms with Crippen LogP contribution in [0.25, 0.3) is 21.5 Å². The quantitative estimate of drug-likeness (QED) is 0.0271. The van der Waals surface area contributed by atoms with E-state index in [1.165, 1.54) is 6.07 Å². The standard InChI is InChI=1S/C47H59N5O10/c1-8-17-51(6)46(56)39-15-11-13-33-25-37(27-35(30-53)42(33)39)49-29-41(48-5)61-23-21-59-20-22-60-32(4)44(62-24-19-58-10-3)45(55)50-38-26-34-14-12-16-40(43(34)36(28-38)31-54)47(57)52(7)18-9-2/h11-16,25-28,30-31,41,44,49H,4-5,8-10,17-24,29H2,1-3,6-7H3,(H,50,55). The maximum atomic E-state index is 13.6. The number of benzene rings is 4. The third-order valence-corrected chi connectivity index (χ3v) is 9.79. The van der Waals surface area contributed by atoms with Crippen molar-refractivity contribution in [2.24, 2.45) is 4.99 Å². The summed E-state index contributed by atoms with van der Waals surface area (Å²) in [5.74, 6) is -0.883. The first kappa shape index (κ1) is 48.7. The fourth-order valence-corrected chi connectivity index (χ4v) is 6.85. The summed E-state index contributed by atoms with van der Waals surface area (Å²) >= 11 is 0. The molecule has 0 radical (unpaired) electrons. The Morgan fingerprint density at radius 3 is 1.81 bits per heavy atom. The molecule has 0 aliphatic heterocycles. The van der Waals surface area contributed by atoms with Crippen LogP contribution in [0.5, 0.6) is 0 Å². The summed E-state index contributed by atoms with van der Waals surface area (Å²) in [5, 5.41) is 8.51. The van der Waals surface area contributed by atoms with Gasteiger partial charge in [-0.25, -0.2) is 0 Å². The first-order valence-corrected chi connectivity index (χ1v) is 20.8. The number of ether oxygens (including phenoxy) is 5. The van der Waals surface area contributed by atoms with Crippen LogP contribution in [-0.4, -0.2) is 139 Å². The Bertz CT molecular complexity index is 2190. The topological polar surface area (TPSA) is 174 Å². The highest BCUT2D eigenvalue weighted by Gasteiger charge is 2.26. The molecule has 2 N–H and O–H groups in total. The van der Waals surface area contributed by atoms with E-state index < -0.39 is 18.2 Å². The Morgan fingerprint density at radius 1 is 0.726 bits per heavy atom. The number of hydrogen-bond acceptors (Lipinski definition) is 12. The highest BCUT2D eigenvalue weighted by molar-refractivity contribution is 6.14. The molecule has 15 nitrogen and oxygen atoms in total. The van der Waals surface area contributed by atoms with Gasteiger partial charge >= 0.3 is 0 Å². The average molecular weight is 854 g/mol. The predicted molar refractivity (Wildman–Crippen MR) is 242 cm³/mol. The van der Waals surface area contributed by atoms with Crippen molar-refractivity contribution >= 4 is 69.9 Å². The number of nitrogens with one attached hydrogen (secondary N) is 2. The molecule has 2 unspecified atom stereocenters. The maximum absolute atomic E-state index is 13.6. The van der Waals surface area contributed by atoms with E-state index in [0.29, 0.717) is 70.2 Å². The molecule has 0 aromatic heterocycles. The van der Waals surface area contributed by atoms with Gasteiger partial charge in [0.2, 0.25) is 0 Å². The summed E-state index contributed by atoms with van der Waals surface area (Å²) in [6, 6.07) is 17.4.